The number of hydrogen-bond acceptors (Lipinski definition) is 5. The molecule has 0 radical (unpaired) electrons. The van der Waals surface area contributed by atoms with Gasteiger partial charge in [0.1, 0.15) is 5.75 Å². The fourth-order valence-electron chi connectivity index (χ4n) is 1.92. The third-order valence-electron chi connectivity index (χ3n) is 2.80. The lowest BCUT2D eigenvalue weighted by Gasteiger charge is -2.12. The molecule has 1 N–H and O–H groups in total. The van der Waals surface area contributed by atoms with Crippen LogP contribution in [0.4, 0.5) is 13.2 Å². The van der Waals surface area contributed by atoms with Gasteiger partial charge in [0.15, 0.2) is 5.58 Å². The maximum atomic E-state index is 13.0. The molecular weight excluding hydrogens is 337 g/mol. The van der Waals surface area contributed by atoms with Gasteiger partial charge >= 0.3 is 11.1 Å². The monoisotopic (exact) mass is 344 g/mol. The van der Waals surface area contributed by atoms with Gasteiger partial charge in [-0.2, -0.15) is 13.2 Å². The van der Waals surface area contributed by atoms with Crippen LogP contribution in [0.1, 0.15) is 5.56 Å². The van der Waals surface area contributed by atoms with Crippen LogP contribution in [-0.2, 0) is 6.18 Å². The Kier molecular flexibility index (Phi) is 3.65. The van der Waals surface area contributed by atoms with Crippen LogP contribution in [0.25, 0.3) is 10.3 Å². The van der Waals surface area contributed by atoms with Crippen LogP contribution in [0.3, 0.4) is 0 Å². The first-order valence-corrected chi connectivity index (χ1v) is 7.58. The van der Waals surface area contributed by atoms with Crippen molar-refractivity contribution < 1.29 is 22.7 Å². The second kappa shape index (κ2) is 5.36. The van der Waals surface area contributed by atoms with Gasteiger partial charge in [-0.05, 0) is 18.2 Å². The lowest BCUT2D eigenvalue weighted by atomic mass is 10.2. The summed E-state index contributed by atoms with van der Waals surface area (Å²) in [4.78, 5) is 11.0. The first-order chi connectivity index (χ1) is 10.3. The van der Waals surface area contributed by atoms with E-state index >= 15 is 0 Å². The first-order valence-electron chi connectivity index (χ1n) is 5.95. The molecule has 0 aliphatic rings. The molecule has 3 nitrogen and oxygen atoms in total. The highest BCUT2D eigenvalue weighted by Gasteiger charge is 2.33. The molecule has 8 heteroatoms. The smallest absolute Gasteiger partial charge is 0.417 e. The van der Waals surface area contributed by atoms with Gasteiger partial charge in [-0.25, -0.2) is 4.79 Å². The molecule has 3 aromatic rings. The fourth-order valence-corrected chi connectivity index (χ4v) is 3.81. The number of alkyl halides is 3. The third kappa shape index (κ3) is 2.84. The van der Waals surface area contributed by atoms with Gasteiger partial charge in [0.05, 0.1) is 15.2 Å². The van der Waals surface area contributed by atoms with Gasteiger partial charge in [-0.15, -0.1) is 0 Å². The van der Waals surface area contributed by atoms with E-state index in [4.69, 9.17) is 4.42 Å². The Balaban J connectivity index is 2.13. The summed E-state index contributed by atoms with van der Waals surface area (Å²) in [6.45, 7) is 0. The minimum absolute atomic E-state index is 0.0317. The summed E-state index contributed by atoms with van der Waals surface area (Å²) in [6.07, 6.45) is -4.49. The highest BCUT2D eigenvalue weighted by Crippen LogP contribution is 2.42. The Labute approximate surface area is 130 Å². The predicted octanol–water partition coefficient (Wildman–Crippen LogP) is 4.73. The van der Waals surface area contributed by atoms with E-state index in [0.29, 0.717) is 4.70 Å². The van der Waals surface area contributed by atoms with Crippen molar-refractivity contribution in [2.24, 2.45) is 0 Å². The van der Waals surface area contributed by atoms with Crippen LogP contribution >= 0.6 is 23.1 Å². The summed E-state index contributed by atoms with van der Waals surface area (Å²) in [5.41, 5.74) is -0.608. The Hall–Kier alpha value is -1.93. The van der Waals surface area contributed by atoms with Gasteiger partial charge in [0.2, 0.25) is 0 Å². The molecule has 22 heavy (non-hydrogen) atoms. The summed E-state index contributed by atoms with van der Waals surface area (Å²) >= 11 is 1.58. The number of aromatic hydroxyl groups is 1. The zero-order chi connectivity index (χ0) is 15.9. The molecule has 0 saturated carbocycles. The van der Waals surface area contributed by atoms with Crippen molar-refractivity contribution in [2.75, 3.05) is 0 Å². The number of phenols is 1. The lowest BCUT2D eigenvalue weighted by molar-refractivity contribution is -0.139. The van der Waals surface area contributed by atoms with Crippen molar-refractivity contribution in [3.63, 3.8) is 0 Å². The zero-order valence-corrected chi connectivity index (χ0v) is 12.3. The molecule has 1 heterocycles. The van der Waals surface area contributed by atoms with Crippen molar-refractivity contribution in [1.82, 2.24) is 0 Å². The van der Waals surface area contributed by atoms with Crippen molar-refractivity contribution in [1.29, 1.82) is 0 Å². The molecule has 3 rings (SSSR count). The zero-order valence-electron chi connectivity index (χ0n) is 10.7. The number of fused-ring (bicyclic) bond motifs is 1. The Morgan fingerprint density at radius 1 is 1.14 bits per heavy atom. The molecule has 114 valence electrons. The molecule has 0 saturated heterocycles. The Morgan fingerprint density at radius 3 is 2.59 bits per heavy atom. The molecule has 2 aromatic carbocycles. The number of benzene rings is 2. The molecule has 0 aliphatic heterocycles. The maximum absolute atomic E-state index is 13.0. The third-order valence-corrected chi connectivity index (χ3v) is 4.67. The number of rotatable bonds is 2. The van der Waals surface area contributed by atoms with E-state index in [1.807, 2.05) is 0 Å². The fraction of sp³-hybridized carbons (Fsp3) is 0.0714. The van der Waals surface area contributed by atoms with Crippen molar-refractivity contribution in [2.45, 2.75) is 16.0 Å². The summed E-state index contributed by atoms with van der Waals surface area (Å²) < 4.78 is 44.4. The van der Waals surface area contributed by atoms with E-state index in [-0.39, 0.29) is 21.1 Å². The van der Waals surface area contributed by atoms with Crippen LogP contribution in [0.5, 0.6) is 5.75 Å². The average Bonchev–Trinajstić information content (AvgIpc) is 2.78. The molecular formula is C14H7F3O3S2. The minimum Gasteiger partial charge on any atom is -0.508 e. The van der Waals surface area contributed by atoms with E-state index in [9.17, 15) is 23.1 Å². The summed E-state index contributed by atoms with van der Waals surface area (Å²) in [5, 5.41) is 9.65. The van der Waals surface area contributed by atoms with Gasteiger partial charge in [0.25, 0.3) is 0 Å². The number of hydrogen-bond donors (Lipinski definition) is 1. The van der Waals surface area contributed by atoms with E-state index < -0.39 is 16.7 Å². The van der Waals surface area contributed by atoms with Gasteiger partial charge < -0.3 is 9.52 Å². The molecule has 0 fully saturated rings. The van der Waals surface area contributed by atoms with Gasteiger partial charge in [-0.3, -0.25) is 0 Å². The topological polar surface area (TPSA) is 50.4 Å². The second-order valence-electron chi connectivity index (χ2n) is 4.32. The first kappa shape index (κ1) is 15.0. The van der Waals surface area contributed by atoms with Crippen molar-refractivity contribution >= 4 is 33.4 Å². The van der Waals surface area contributed by atoms with E-state index in [1.54, 1.807) is 0 Å². The largest absolute Gasteiger partial charge is 0.508 e. The highest BCUT2D eigenvalue weighted by atomic mass is 32.2. The molecule has 0 bridgehead atoms. The summed E-state index contributed by atoms with van der Waals surface area (Å²) in [5.74, 6) is -0.142. The van der Waals surface area contributed by atoms with E-state index in [1.165, 1.54) is 30.3 Å². The van der Waals surface area contributed by atoms with Crippen LogP contribution in [-0.4, -0.2) is 5.11 Å². The van der Waals surface area contributed by atoms with Crippen LogP contribution in [0, 0.1) is 0 Å². The van der Waals surface area contributed by atoms with Gasteiger partial charge in [-0.1, -0.05) is 35.2 Å². The van der Waals surface area contributed by atoms with E-state index in [2.05, 4.69) is 0 Å². The second-order valence-corrected chi connectivity index (χ2v) is 6.38. The SMILES string of the molecule is O=c1oc2c(Sc3ccccc3C(F)(F)F)cc(O)cc2s1. The molecule has 0 amide bonds. The minimum atomic E-state index is -4.49. The average molecular weight is 344 g/mol. The molecule has 0 spiro atoms. The van der Waals surface area contributed by atoms with E-state index in [0.717, 1.165) is 29.2 Å². The maximum Gasteiger partial charge on any atom is 0.417 e. The molecule has 0 atom stereocenters. The molecule has 0 unspecified atom stereocenters. The number of halogens is 3. The number of phenolic OH excluding ortho intramolecular Hbond substituents is 1. The molecule has 1 aromatic heterocycles. The van der Waals surface area contributed by atoms with Gasteiger partial charge in [0, 0.05) is 11.0 Å². The van der Waals surface area contributed by atoms with Crippen molar-refractivity contribution in [3.8, 4) is 5.75 Å². The quantitative estimate of drug-likeness (QED) is 0.730. The summed E-state index contributed by atoms with van der Waals surface area (Å²) in [6, 6.07) is 7.71. The highest BCUT2D eigenvalue weighted by molar-refractivity contribution is 7.99. The Morgan fingerprint density at radius 2 is 1.86 bits per heavy atom. The van der Waals surface area contributed by atoms with Crippen LogP contribution in [0.2, 0.25) is 0 Å². The normalized spacial score (nSPS) is 12.0. The summed E-state index contributed by atoms with van der Waals surface area (Å²) in [7, 11) is 0. The van der Waals surface area contributed by atoms with Crippen LogP contribution in [0.15, 0.2) is 55.4 Å². The molecule has 0 aliphatic carbocycles. The lowest BCUT2D eigenvalue weighted by Crippen LogP contribution is -2.06. The van der Waals surface area contributed by atoms with Crippen molar-refractivity contribution in [3.05, 3.63) is 51.7 Å². The standard InChI is InChI=1S/C14H7F3O3S2/c15-14(16,17)8-3-1-2-4-9(8)21-10-5-7(18)6-11-12(10)20-13(19)22-11/h1-6,18H. The van der Waals surface area contributed by atoms with Crippen LogP contribution < -0.4 is 4.94 Å². The Bertz CT molecular complexity index is 896. The predicted molar refractivity (Wildman–Crippen MR) is 77.6 cm³/mol.